The van der Waals surface area contributed by atoms with Crippen molar-refractivity contribution in [3.8, 4) is 11.6 Å². The molecule has 110 valence electrons. The van der Waals surface area contributed by atoms with Gasteiger partial charge in [0.1, 0.15) is 11.6 Å². The zero-order valence-corrected chi connectivity index (χ0v) is 12.0. The molecule has 0 fully saturated rings. The first kappa shape index (κ1) is 14.8. The predicted molar refractivity (Wildman–Crippen MR) is 80.9 cm³/mol. The molecule has 2 rings (SSSR count). The van der Waals surface area contributed by atoms with Crippen LogP contribution in [-0.4, -0.2) is 16.5 Å². The predicted octanol–water partition coefficient (Wildman–Crippen LogP) is 3.78. The van der Waals surface area contributed by atoms with Crippen molar-refractivity contribution in [2.24, 2.45) is 0 Å². The number of ether oxygens (including phenoxy) is 1. The fourth-order valence-electron chi connectivity index (χ4n) is 1.83. The van der Waals surface area contributed by atoms with Gasteiger partial charge in [-0.15, -0.1) is 0 Å². The van der Waals surface area contributed by atoms with E-state index < -0.39 is 4.92 Å². The van der Waals surface area contributed by atoms with Crippen LogP contribution in [0.3, 0.4) is 0 Å². The molecule has 0 atom stereocenters. The lowest BCUT2D eigenvalue weighted by molar-refractivity contribution is -0.386. The lowest BCUT2D eigenvalue weighted by Crippen LogP contribution is -2.02. The zero-order chi connectivity index (χ0) is 15.2. The molecule has 0 bridgehead atoms. The van der Waals surface area contributed by atoms with E-state index in [1.807, 2.05) is 19.1 Å². The van der Waals surface area contributed by atoms with Crippen LogP contribution in [0, 0.1) is 10.1 Å². The number of nitro groups is 1. The minimum absolute atomic E-state index is 0.0114. The maximum Gasteiger partial charge on any atom is 0.331 e. The first-order chi connectivity index (χ1) is 10.1. The van der Waals surface area contributed by atoms with Crippen molar-refractivity contribution in [2.45, 2.75) is 20.3 Å². The van der Waals surface area contributed by atoms with Crippen LogP contribution in [0.2, 0.25) is 0 Å². The molecule has 0 unspecified atom stereocenters. The second-order valence-corrected chi connectivity index (χ2v) is 4.41. The number of rotatable bonds is 6. The van der Waals surface area contributed by atoms with Gasteiger partial charge in [-0.2, -0.15) is 4.98 Å². The number of nitrogens with one attached hydrogen (secondary N) is 1. The van der Waals surface area contributed by atoms with Crippen LogP contribution in [0.1, 0.15) is 19.4 Å². The molecule has 0 spiro atoms. The standard InChI is InChI=1S/C15H17N3O3/c1-3-11-5-7-12(8-6-11)21-15-13(18(19)20)9-10-14(17-15)16-4-2/h5-10H,3-4H2,1-2H3,(H,16,17). The highest BCUT2D eigenvalue weighted by Gasteiger charge is 2.18. The number of aryl methyl sites for hydroxylation is 1. The number of hydrogen-bond donors (Lipinski definition) is 1. The Kier molecular flexibility index (Phi) is 4.71. The Balaban J connectivity index is 2.30. The minimum Gasteiger partial charge on any atom is -0.434 e. The van der Waals surface area contributed by atoms with Gasteiger partial charge in [0.05, 0.1) is 4.92 Å². The Morgan fingerprint density at radius 3 is 2.48 bits per heavy atom. The van der Waals surface area contributed by atoms with Crippen LogP contribution in [0.15, 0.2) is 36.4 Å². The van der Waals surface area contributed by atoms with E-state index in [2.05, 4.69) is 17.2 Å². The topological polar surface area (TPSA) is 77.3 Å². The fraction of sp³-hybridized carbons (Fsp3) is 0.267. The van der Waals surface area contributed by atoms with Gasteiger partial charge in [-0.05, 0) is 37.1 Å². The van der Waals surface area contributed by atoms with E-state index >= 15 is 0 Å². The second kappa shape index (κ2) is 6.69. The summed E-state index contributed by atoms with van der Waals surface area (Å²) in [5.41, 5.74) is 1.02. The highest BCUT2D eigenvalue weighted by atomic mass is 16.6. The summed E-state index contributed by atoms with van der Waals surface area (Å²) in [5.74, 6) is 1.06. The van der Waals surface area contributed by atoms with E-state index in [0.717, 1.165) is 6.42 Å². The summed E-state index contributed by atoms with van der Waals surface area (Å²) >= 11 is 0. The molecule has 21 heavy (non-hydrogen) atoms. The Morgan fingerprint density at radius 1 is 1.19 bits per heavy atom. The molecule has 0 amide bonds. The van der Waals surface area contributed by atoms with Crippen molar-refractivity contribution < 1.29 is 9.66 Å². The highest BCUT2D eigenvalue weighted by molar-refractivity contribution is 5.50. The fourth-order valence-corrected chi connectivity index (χ4v) is 1.83. The summed E-state index contributed by atoms with van der Waals surface area (Å²) in [6.07, 6.45) is 0.925. The summed E-state index contributed by atoms with van der Waals surface area (Å²) < 4.78 is 5.56. The smallest absolute Gasteiger partial charge is 0.331 e. The van der Waals surface area contributed by atoms with Gasteiger partial charge in [0.2, 0.25) is 0 Å². The van der Waals surface area contributed by atoms with E-state index in [0.29, 0.717) is 18.1 Å². The Hall–Kier alpha value is -2.63. The monoisotopic (exact) mass is 287 g/mol. The molecule has 1 N–H and O–H groups in total. The molecule has 1 aromatic carbocycles. The van der Waals surface area contributed by atoms with Gasteiger partial charge in [-0.1, -0.05) is 19.1 Å². The lowest BCUT2D eigenvalue weighted by Gasteiger charge is -2.08. The Bertz CT molecular complexity index is 627. The van der Waals surface area contributed by atoms with Crippen LogP contribution >= 0.6 is 0 Å². The molecule has 1 aromatic heterocycles. The lowest BCUT2D eigenvalue weighted by atomic mass is 10.2. The van der Waals surface area contributed by atoms with Crippen molar-refractivity contribution >= 4 is 11.5 Å². The summed E-state index contributed by atoms with van der Waals surface area (Å²) in [5, 5.41) is 14.1. The van der Waals surface area contributed by atoms with Gasteiger partial charge < -0.3 is 10.1 Å². The van der Waals surface area contributed by atoms with Crippen LogP contribution in [-0.2, 0) is 6.42 Å². The quantitative estimate of drug-likeness (QED) is 0.646. The van der Waals surface area contributed by atoms with Gasteiger partial charge in [0.25, 0.3) is 0 Å². The van der Waals surface area contributed by atoms with Crippen molar-refractivity contribution in [3.05, 3.63) is 52.1 Å². The largest absolute Gasteiger partial charge is 0.434 e. The molecule has 0 saturated carbocycles. The van der Waals surface area contributed by atoms with E-state index in [9.17, 15) is 10.1 Å². The molecular formula is C15H17N3O3. The highest BCUT2D eigenvalue weighted by Crippen LogP contribution is 2.30. The molecule has 6 nitrogen and oxygen atoms in total. The average Bonchev–Trinajstić information content (AvgIpc) is 2.48. The SMILES string of the molecule is CCNc1ccc([N+](=O)[O-])c(Oc2ccc(CC)cc2)n1. The number of hydrogen-bond acceptors (Lipinski definition) is 5. The molecule has 6 heteroatoms. The van der Waals surface area contributed by atoms with Crippen LogP contribution < -0.4 is 10.1 Å². The Morgan fingerprint density at radius 2 is 1.90 bits per heavy atom. The van der Waals surface area contributed by atoms with Crippen molar-refractivity contribution in [1.29, 1.82) is 0 Å². The van der Waals surface area contributed by atoms with Crippen LogP contribution in [0.25, 0.3) is 0 Å². The molecule has 0 saturated heterocycles. The average molecular weight is 287 g/mol. The van der Waals surface area contributed by atoms with Gasteiger partial charge in [0.15, 0.2) is 0 Å². The number of pyridine rings is 1. The van der Waals surface area contributed by atoms with Crippen molar-refractivity contribution in [3.63, 3.8) is 0 Å². The Labute approximate surface area is 122 Å². The maximum absolute atomic E-state index is 11.0. The first-order valence-electron chi connectivity index (χ1n) is 6.80. The van der Waals surface area contributed by atoms with Gasteiger partial charge in [-0.3, -0.25) is 10.1 Å². The molecule has 2 aromatic rings. The number of nitrogens with zero attached hydrogens (tertiary/aromatic N) is 2. The normalized spacial score (nSPS) is 10.2. The third-order valence-corrected chi connectivity index (χ3v) is 2.94. The van der Waals surface area contributed by atoms with Gasteiger partial charge in [0, 0.05) is 12.6 Å². The molecule has 0 aliphatic rings. The third kappa shape index (κ3) is 3.68. The molecule has 0 radical (unpaired) electrons. The number of benzene rings is 1. The van der Waals surface area contributed by atoms with Crippen molar-refractivity contribution in [1.82, 2.24) is 4.98 Å². The summed E-state index contributed by atoms with van der Waals surface area (Å²) in [7, 11) is 0. The minimum atomic E-state index is -0.502. The first-order valence-corrected chi connectivity index (χ1v) is 6.80. The number of anilines is 1. The van der Waals surface area contributed by atoms with E-state index in [-0.39, 0.29) is 11.6 Å². The van der Waals surface area contributed by atoms with Crippen molar-refractivity contribution in [2.75, 3.05) is 11.9 Å². The molecule has 0 aliphatic carbocycles. The van der Waals surface area contributed by atoms with Crippen LogP contribution in [0.4, 0.5) is 11.5 Å². The van der Waals surface area contributed by atoms with Crippen LogP contribution in [0.5, 0.6) is 11.6 Å². The second-order valence-electron chi connectivity index (χ2n) is 4.41. The van der Waals surface area contributed by atoms with Gasteiger partial charge >= 0.3 is 11.6 Å². The summed E-state index contributed by atoms with van der Waals surface area (Å²) in [6, 6.07) is 10.4. The summed E-state index contributed by atoms with van der Waals surface area (Å²) in [6.45, 7) is 4.66. The third-order valence-electron chi connectivity index (χ3n) is 2.94. The summed E-state index contributed by atoms with van der Waals surface area (Å²) in [4.78, 5) is 14.7. The van der Waals surface area contributed by atoms with E-state index in [4.69, 9.17) is 4.74 Å². The molecule has 1 heterocycles. The molecule has 0 aliphatic heterocycles. The van der Waals surface area contributed by atoms with E-state index in [1.165, 1.54) is 11.6 Å². The number of aromatic nitrogens is 1. The maximum atomic E-state index is 11.0. The molecular weight excluding hydrogens is 270 g/mol. The van der Waals surface area contributed by atoms with Gasteiger partial charge in [-0.25, -0.2) is 0 Å². The zero-order valence-electron chi connectivity index (χ0n) is 12.0. The van der Waals surface area contributed by atoms with E-state index in [1.54, 1.807) is 18.2 Å².